The lowest BCUT2D eigenvalue weighted by molar-refractivity contribution is 0.176. The highest BCUT2D eigenvalue weighted by Crippen LogP contribution is 2.26. The third-order valence-electron chi connectivity index (χ3n) is 4.62. The van der Waals surface area contributed by atoms with E-state index in [1.807, 2.05) is 13.0 Å². The molecule has 7 heteroatoms. The quantitative estimate of drug-likeness (QED) is 0.889. The zero-order valence-electron chi connectivity index (χ0n) is 14.4. The molecule has 2 heterocycles. The Morgan fingerprint density at radius 3 is 2.88 bits per heavy atom. The van der Waals surface area contributed by atoms with Crippen LogP contribution in [0.2, 0.25) is 0 Å². The number of carbonyl (C=O) groups is 1. The molecule has 0 bridgehead atoms. The van der Waals surface area contributed by atoms with Gasteiger partial charge in [-0.2, -0.15) is 5.10 Å². The molecule has 5 nitrogen and oxygen atoms in total. The Bertz CT molecular complexity index is 761. The minimum Gasteiger partial charge on any atom is -0.331 e. The topological polar surface area (TPSA) is 61.0 Å². The predicted molar refractivity (Wildman–Crippen MR) is 90.2 cm³/mol. The first-order chi connectivity index (χ1) is 11.9. The number of urea groups is 1. The van der Waals surface area contributed by atoms with Gasteiger partial charge in [0, 0.05) is 36.3 Å². The number of aromatic nitrogens is 2. The van der Waals surface area contributed by atoms with E-state index in [-0.39, 0.29) is 17.5 Å². The average Bonchev–Trinajstić information content (AvgIpc) is 3.01. The van der Waals surface area contributed by atoms with E-state index in [4.69, 9.17) is 0 Å². The van der Waals surface area contributed by atoms with Crippen molar-refractivity contribution in [2.45, 2.75) is 38.6 Å². The molecule has 0 radical (unpaired) electrons. The average molecular weight is 348 g/mol. The van der Waals surface area contributed by atoms with Gasteiger partial charge in [0.25, 0.3) is 0 Å². The fourth-order valence-corrected chi connectivity index (χ4v) is 3.26. The molecule has 134 valence electrons. The van der Waals surface area contributed by atoms with Crippen molar-refractivity contribution in [1.29, 1.82) is 0 Å². The molecule has 1 fully saturated rings. The summed E-state index contributed by atoms with van der Waals surface area (Å²) < 4.78 is 26.9. The van der Waals surface area contributed by atoms with Gasteiger partial charge >= 0.3 is 6.03 Å². The molecule has 1 aromatic heterocycles. The van der Waals surface area contributed by atoms with Crippen LogP contribution in [0.5, 0.6) is 0 Å². The molecule has 1 aliphatic heterocycles. The normalized spacial score (nSPS) is 18.9. The molecule has 1 saturated heterocycles. The highest BCUT2D eigenvalue weighted by atomic mass is 19.1. The zero-order valence-corrected chi connectivity index (χ0v) is 14.4. The summed E-state index contributed by atoms with van der Waals surface area (Å²) in [6.07, 6.45) is 1.87. The van der Waals surface area contributed by atoms with Gasteiger partial charge in [0.1, 0.15) is 11.6 Å². The first kappa shape index (κ1) is 17.4. The molecule has 2 amide bonds. The third-order valence-corrected chi connectivity index (χ3v) is 4.62. The van der Waals surface area contributed by atoms with Crippen molar-refractivity contribution in [1.82, 2.24) is 20.4 Å². The van der Waals surface area contributed by atoms with Crippen LogP contribution in [0.15, 0.2) is 24.3 Å². The van der Waals surface area contributed by atoms with Gasteiger partial charge in [-0.25, -0.2) is 13.6 Å². The fourth-order valence-electron chi connectivity index (χ4n) is 3.26. The van der Waals surface area contributed by atoms with E-state index >= 15 is 0 Å². The molecular formula is C18H22F2N4O. The molecule has 2 N–H and O–H groups in total. The first-order valence-electron chi connectivity index (χ1n) is 8.46. The number of aromatic amines is 1. The summed E-state index contributed by atoms with van der Waals surface area (Å²) in [5.41, 5.74) is 2.23. The van der Waals surface area contributed by atoms with Crippen molar-refractivity contribution in [3.05, 3.63) is 52.9 Å². The molecule has 25 heavy (non-hydrogen) atoms. The Balaban J connectivity index is 1.64. The van der Waals surface area contributed by atoms with E-state index in [0.717, 1.165) is 30.3 Å². The van der Waals surface area contributed by atoms with Crippen LogP contribution in [0.1, 0.15) is 48.7 Å². The second-order valence-electron chi connectivity index (χ2n) is 6.60. The van der Waals surface area contributed by atoms with Gasteiger partial charge in [-0.3, -0.25) is 5.10 Å². The number of rotatable bonds is 3. The summed E-state index contributed by atoms with van der Waals surface area (Å²) in [6, 6.07) is 4.60. The van der Waals surface area contributed by atoms with Crippen molar-refractivity contribution in [2.24, 2.45) is 0 Å². The van der Waals surface area contributed by atoms with Crippen LogP contribution in [0.4, 0.5) is 13.6 Å². The van der Waals surface area contributed by atoms with E-state index in [2.05, 4.69) is 15.5 Å². The Labute approximate surface area is 145 Å². The Kier molecular flexibility index (Phi) is 5.01. The number of amides is 2. The van der Waals surface area contributed by atoms with E-state index in [1.165, 1.54) is 12.1 Å². The summed E-state index contributed by atoms with van der Waals surface area (Å²) in [7, 11) is 0. The van der Waals surface area contributed by atoms with E-state index in [9.17, 15) is 13.6 Å². The summed E-state index contributed by atoms with van der Waals surface area (Å²) in [4.78, 5) is 14.3. The highest BCUT2D eigenvalue weighted by molar-refractivity contribution is 5.75. The van der Waals surface area contributed by atoms with Gasteiger partial charge < -0.3 is 10.2 Å². The number of carbonyl (C=O) groups excluding carboxylic acids is 1. The molecule has 2 atom stereocenters. The molecule has 1 aromatic carbocycles. The van der Waals surface area contributed by atoms with Crippen LogP contribution in [0.25, 0.3) is 0 Å². The van der Waals surface area contributed by atoms with Gasteiger partial charge in [0.05, 0.1) is 11.7 Å². The fraction of sp³-hybridized carbons (Fsp3) is 0.444. The SMILES string of the molecule is Cc1cc(C2CCCN(C(=O)N[C@H](C)c3ccc(F)cc3F)C2)n[nH]1. The monoisotopic (exact) mass is 348 g/mol. The molecule has 1 unspecified atom stereocenters. The number of hydrogen-bond acceptors (Lipinski definition) is 2. The number of nitrogens with one attached hydrogen (secondary N) is 2. The van der Waals surface area contributed by atoms with Crippen LogP contribution in [0.3, 0.4) is 0 Å². The maximum absolute atomic E-state index is 13.9. The maximum Gasteiger partial charge on any atom is 0.317 e. The van der Waals surface area contributed by atoms with Crippen molar-refractivity contribution in [2.75, 3.05) is 13.1 Å². The van der Waals surface area contributed by atoms with Crippen molar-refractivity contribution < 1.29 is 13.6 Å². The minimum atomic E-state index is -0.656. The number of hydrogen-bond donors (Lipinski definition) is 2. The second-order valence-corrected chi connectivity index (χ2v) is 6.60. The van der Waals surface area contributed by atoms with Crippen molar-refractivity contribution >= 4 is 6.03 Å². The highest BCUT2D eigenvalue weighted by Gasteiger charge is 2.27. The molecule has 2 aromatic rings. The lowest BCUT2D eigenvalue weighted by Crippen LogP contribution is -2.45. The second kappa shape index (κ2) is 7.21. The number of piperidine rings is 1. The zero-order chi connectivity index (χ0) is 18.0. The third kappa shape index (κ3) is 3.97. The maximum atomic E-state index is 13.9. The van der Waals surface area contributed by atoms with E-state index < -0.39 is 17.7 Å². The molecule has 0 spiro atoms. The van der Waals surface area contributed by atoms with Gasteiger partial charge in [-0.15, -0.1) is 0 Å². The Morgan fingerprint density at radius 2 is 2.20 bits per heavy atom. The minimum absolute atomic E-state index is 0.197. The summed E-state index contributed by atoms with van der Waals surface area (Å²) in [6.45, 7) is 4.87. The summed E-state index contributed by atoms with van der Waals surface area (Å²) in [5.74, 6) is -1.09. The number of H-pyrrole nitrogens is 1. The van der Waals surface area contributed by atoms with E-state index in [0.29, 0.717) is 13.1 Å². The Morgan fingerprint density at radius 1 is 1.40 bits per heavy atom. The first-order valence-corrected chi connectivity index (χ1v) is 8.46. The number of nitrogens with zero attached hydrogens (tertiary/aromatic N) is 2. The lowest BCUT2D eigenvalue weighted by Gasteiger charge is -2.33. The van der Waals surface area contributed by atoms with Gasteiger partial charge in [0.2, 0.25) is 0 Å². The molecule has 3 rings (SSSR count). The standard InChI is InChI=1S/C18H22F2N4O/c1-11-8-17(23-22-11)13-4-3-7-24(10-13)18(25)21-12(2)15-6-5-14(19)9-16(15)20/h5-6,8-9,12-13H,3-4,7,10H2,1-2H3,(H,21,25)(H,22,23)/t12-,13?/m1/s1. The number of benzene rings is 1. The van der Waals surface area contributed by atoms with Gasteiger partial charge in [-0.1, -0.05) is 6.07 Å². The number of aryl methyl sites for hydroxylation is 1. The smallest absolute Gasteiger partial charge is 0.317 e. The van der Waals surface area contributed by atoms with Crippen LogP contribution in [-0.2, 0) is 0 Å². The van der Waals surface area contributed by atoms with Crippen LogP contribution >= 0.6 is 0 Å². The summed E-state index contributed by atoms with van der Waals surface area (Å²) >= 11 is 0. The summed E-state index contributed by atoms with van der Waals surface area (Å²) in [5, 5.41) is 10.0. The van der Waals surface area contributed by atoms with Gasteiger partial charge in [-0.05, 0) is 38.8 Å². The number of halogens is 2. The van der Waals surface area contributed by atoms with Crippen LogP contribution in [0, 0.1) is 18.6 Å². The number of likely N-dealkylation sites (tertiary alicyclic amines) is 1. The predicted octanol–water partition coefficient (Wildman–Crippen LogP) is 3.65. The largest absolute Gasteiger partial charge is 0.331 e. The van der Waals surface area contributed by atoms with Crippen LogP contribution in [-0.4, -0.2) is 34.2 Å². The molecule has 1 aliphatic rings. The van der Waals surface area contributed by atoms with Crippen LogP contribution < -0.4 is 5.32 Å². The lowest BCUT2D eigenvalue weighted by atomic mass is 9.95. The van der Waals surface area contributed by atoms with Crippen molar-refractivity contribution in [3.8, 4) is 0 Å². The molecular weight excluding hydrogens is 326 g/mol. The van der Waals surface area contributed by atoms with E-state index in [1.54, 1.807) is 11.8 Å². The molecule has 0 saturated carbocycles. The van der Waals surface area contributed by atoms with Crippen molar-refractivity contribution in [3.63, 3.8) is 0 Å². The molecule has 0 aliphatic carbocycles. The Hall–Kier alpha value is -2.44. The van der Waals surface area contributed by atoms with Gasteiger partial charge in [0.15, 0.2) is 0 Å².